The van der Waals surface area contributed by atoms with Crippen molar-refractivity contribution in [2.24, 2.45) is 4.99 Å². The second kappa shape index (κ2) is 9.24. The molecule has 0 amide bonds. The number of nitrogens with zero attached hydrogens (tertiary/aromatic N) is 4. The quantitative estimate of drug-likeness (QED) is 0.537. The Hall–Kier alpha value is -3.34. The molecule has 1 aliphatic heterocycles. The van der Waals surface area contributed by atoms with Gasteiger partial charge in [0, 0.05) is 45.6 Å². The van der Waals surface area contributed by atoms with Crippen LogP contribution in [0, 0.1) is 0 Å². The number of hydrogen-bond acceptors (Lipinski definition) is 2. The van der Waals surface area contributed by atoms with E-state index in [1.807, 2.05) is 25.8 Å². The zero-order chi connectivity index (χ0) is 19.9. The van der Waals surface area contributed by atoms with E-state index in [2.05, 4.69) is 85.4 Å². The minimum atomic E-state index is 0.760. The van der Waals surface area contributed by atoms with E-state index in [1.54, 1.807) is 0 Å². The van der Waals surface area contributed by atoms with Gasteiger partial charge in [-0.3, -0.25) is 4.99 Å². The summed E-state index contributed by atoms with van der Waals surface area (Å²) in [4.78, 5) is 10.9. The maximum Gasteiger partial charge on any atom is 0.194 e. The summed E-state index contributed by atoms with van der Waals surface area (Å²) < 4.78 is 2.08. The summed E-state index contributed by atoms with van der Waals surface area (Å²) in [6.07, 6.45) is 8.99. The zero-order valence-corrected chi connectivity index (χ0v) is 16.8. The van der Waals surface area contributed by atoms with Crippen LogP contribution in [0.1, 0.15) is 23.1 Å². The van der Waals surface area contributed by atoms with Crippen LogP contribution in [0.15, 0.2) is 84.4 Å². The molecule has 0 aliphatic carbocycles. The molecule has 1 aromatic heterocycles. The lowest BCUT2D eigenvalue weighted by molar-refractivity contribution is 0.440. The molecule has 0 bridgehead atoms. The van der Waals surface area contributed by atoms with Crippen molar-refractivity contribution in [3.8, 4) is 0 Å². The highest BCUT2D eigenvalue weighted by Gasteiger charge is 2.16. The third-order valence-electron chi connectivity index (χ3n) is 5.23. The van der Waals surface area contributed by atoms with Gasteiger partial charge in [0.05, 0.1) is 6.33 Å². The van der Waals surface area contributed by atoms with Crippen molar-refractivity contribution in [3.63, 3.8) is 0 Å². The summed E-state index contributed by atoms with van der Waals surface area (Å²) in [7, 11) is 1.86. The van der Waals surface area contributed by atoms with Crippen molar-refractivity contribution in [3.05, 3.63) is 96.1 Å². The standard InChI is InChI=1S/C24H27N5/c1-25-24(29-13-10-23(11-14-29)22-8-3-2-4-9-22)27-17-20-6-5-7-21(16-20)18-28-15-12-26-19-28/h2-10,12,15-16,19H,11,13-14,17-18H2,1H3,(H,25,27). The maximum absolute atomic E-state index is 4.50. The summed E-state index contributed by atoms with van der Waals surface area (Å²) in [5.41, 5.74) is 5.27. The first-order chi connectivity index (χ1) is 14.3. The van der Waals surface area contributed by atoms with Gasteiger partial charge in [-0.25, -0.2) is 4.98 Å². The molecule has 5 heteroatoms. The van der Waals surface area contributed by atoms with Crippen LogP contribution in [-0.2, 0) is 13.1 Å². The van der Waals surface area contributed by atoms with Gasteiger partial charge in [-0.1, -0.05) is 60.7 Å². The molecule has 5 nitrogen and oxygen atoms in total. The van der Waals surface area contributed by atoms with Crippen LogP contribution in [0.3, 0.4) is 0 Å². The molecule has 2 heterocycles. The Morgan fingerprint density at radius 3 is 2.69 bits per heavy atom. The number of nitrogens with one attached hydrogen (secondary N) is 1. The number of benzene rings is 2. The minimum Gasteiger partial charge on any atom is -0.352 e. The first kappa shape index (κ1) is 19.0. The van der Waals surface area contributed by atoms with Crippen LogP contribution >= 0.6 is 0 Å². The molecular formula is C24H27N5. The molecule has 1 aliphatic rings. The van der Waals surface area contributed by atoms with Crippen molar-refractivity contribution < 1.29 is 0 Å². The fraction of sp³-hybridized carbons (Fsp3) is 0.250. The lowest BCUT2D eigenvalue weighted by atomic mass is 10.00. The van der Waals surface area contributed by atoms with Crippen LogP contribution in [0.5, 0.6) is 0 Å². The topological polar surface area (TPSA) is 45.5 Å². The van der Waals surface area contributed by atoms with Gasteiger partial charge in [0.1, 0.15) is 0 Å². The number of rotatable bonds is 5. The Balaban J connectivity index is 1.35. The third-order valence-corrected chi connectivity index (χ3v) is 5.23. The Morgan fingerprint density at radius 2 is 1.97 bits per heavy atom. The van der Waals surface area contributed by atoms with Crippen molar-refractivity contribution in [1.29, 1.82) is 0 Å². The van der Waals surface area contributed by atoms with Crippen molar-refractivity contribution in [1.82, 2.24) is 19.8 Å². The Bertz CT molecular complexity index is 974. The molecule has 148 valence electrons. The predicted molar refractivity (Wildman–Crippen MR) is 119 cm³/mol. The fourth-order valence-corrected chi connectivity index (χ4v) is 3.72. The van der Waals surface area contributed by atoms with Crippen molar-refractivity contribution >= 4 is 11.5 Å². The Morgan fingerprint density at radius 1 is 1.10 bits per heavy atom. The second-order valence-corrected chi connectivity index (χ2v) is 7.25. The van der Waals surface area contributed by atoms with Gasteiger partial charge in [-0.2, -0.15) is 0 Å². The van der Waals surface area contributed by atoms with Crippen LogP contribution in [0.4, 0.5) is 0 Å². The highest BCUT2D eigenvalue weighted by molar-refractivity contribution is 5.81. The molecular weight excluding hydrogens is 358 g/mol. The monoisotopic (exact) mass is 385 g/mol. The van der Waals surface area contributed by atoms with E-state index in [9.17, 15) is 0 Å². The molecule has 0 saturated heterocycles. The van der Waals surface area contributed by atoms with E-state index >= 15 is 0 Å². The van der Waals surface area contributed by atoms with Gasteiger partial charge in [0.25, 0.3) is 0 Å². The van der Waals surface area contributed by atoms with Crippen LogP contribution in [0.2, 0.25) is 0 Å². The van der Waals surface area contributed by atoms with Gasteiger partial charge in [-0.15, -0.1) is 0 Å². The van der Waals surface area contributed by atoms with E-state index in [4.69, 9.17) is 0 Å². The number of aromatic nitrogens is 2. The molecule has 4 rings (SSSR count). The third kappa shape index (κ3) is 4.93. The van der Waals surface area contributed by atoms with Crippen molar-refractivity contribution in [2.75, 3.05) is 20.1 Å². The molecule has 0 fully saturated rings. The van der Waals surface area contributed by atoms with E-state index in [0.717, 1.165) is 38.6 Å². The largest absolute Gasteiger partial charge is 0.352 e. The van der Waals surface area contributed by atoms with Crippen LogP contribution in [0.25, 0.3) is 5.57 Å². The molecule has 2 aromatic carbocycles. The van der Waals surface area contributed by atoms with Crippen LogP contribution < -0.4 is 5.32 Å². The summed E-state index contributed by atoms with van der Waals surface area (Å²) in [5, 5.41) is 3.52. The summed E-state index contributed by atoms with van der Waals surface area (Å²) in [5.74, 6) is 0.952. The lowest BCUT2D eigenvalue weighted by Crippen LogP contribution is -2.43. The number of guanidine groups is 1. The van der Waals surface area contributed by atoms with E-state index in [0.29, 0.717) is 0 Å². The molecule has 0 spiro atoms. The van der Waals surface area contributed by atoms with E-state index in [-0.39, 0.29) is 0 Å². The summed E-state index contributed by atoms with van der Waals surface area (Å²) in [6, 6.07) is 19.3. The molecule has 0 atom stereocenters. The summed E-state index contributed by atoms with van der Waals surface area (Å²) in [6.45, 7) is 3.45. The Labute approximate surface area is 172 Å². The highest BCUT2D eigenvalue weighted by Crippen LogP contribution is 2.22. The van der Waals surface area contributed by atoms with E-state index in [1.165, 1.54) is 22.3 Å². The molecule has 0 unspecified atom stereocenters. The smallest absolute Gasteiger partial charge is 0.194 e. The van der Waals surface area contributed by atoms with Gasteiger partial charge >= 0.3 is 0 Å². The second-order valence-electron chi connectivity index (χ2n) is 7.25. The average molecular weight is 386 g/mol. The van der Waals surface area contributed by atoms with Gasteiger partial charge < -0.3 is 14.8 Å². The molecule has 0 radical (unpaired) electrons. The molecule has 0 saturated carbocycles. The first-order valence-electron chi connectivity index (χ1n) is 10.1. The van der Waals surface area contributed by atoms with Gasteiger partial charge in [-0.05, 0) is 28.7 Å². The first-order valence-corrected chi connectivity index (χ1v) is 10.1. The number of hydrogen-bond donors (Lipinski definition) is 1. The SMILES string of the molecule is CN=C(NCc1cccc(Cn2ccnc2)c1)N1CC=C(c2ccccc2)CC1. The van der Waals surface area contributed by atoms with Crippen molar-refractivity contribution in [2.45, 2.75) is 19.5 Å². The average Bonchev–Trinajstić information content (AvgIpc) is 3.29. The number of imidazole rings is 1. The van der Waals surface area contributed by atoms with Gasteiger partial charge in [0.2, 0.25) is 0 Å². The summed E-state index contributed by atoms with van der Waals surface area (Å²) >= 11 is 0. The highest BCUT2D eigenvalue weighted by atomic mass is 15.3. The zero-order valence-electron chi connectivity index (χ0n) is 16.8. The maximum atomic E-state index is 4.50. The predicted octanol–water partition coefficient (Wildman–Crippen LogP) is 3.80. The van der Waals surface area contributed by atoms with Gasteiger partial charge in [0.15, 0.2) is 5.96 Å². The molecule has 29 heavy (non-hydrogen) atoms. The minimum absolute atomic E-state index is 0.760. The van der Waals surface area contributed by atoms with E-state index < -0.39 is 0 Å². The Kier molecular flexibility index (Phi) is 6.05. The normalized spacial score (nSPS) is 14.6. The molecule has 3 aromatic rings. The molecule has 1 N–H and O–H groups in total. The lowest BCUT2D eigenvalue weighted by Gasteiger charge is -2.30. The fourth-order valence-electron chi connectivity index (χ4n) is 3.72. The van der Waals surface area contributed by atoms with Crippen LogP contribution in [-0.4, -0.2) is 40.5 Å². The number of aliphatic imine (C=N–C) groups is 1.